The van der Waals surface area contributed by atoms with E-state index in [2.05, 4.69) is 29.4 Å². The molecule has 0 aromatic carbocycles. The van der Waals surface area contributed by atoms with Gasteiger partial charge in [0.1, 0.15) is 0 Å². The fourth-order valence-corrected chi connectivity index (χ4v) is 3.78. The fraction of sp³-hybridized carbons (Fsp3) is 0.800. The zero-order valence-corrected chi connectivity index (χ0v) is 14.4. The van der Waals surface area contributed by atoms with Gasteiger partial charge in [-0.15, -0.1) is 5.10 Å². The van der Waals surface area contributed by atoms with Gasteiger partial charge in [-0.3, -0.25) is 9.36 Å². The van der Waals surface area contributed by atoms with Crippen molar-refractivity contribution in [3.8, 4) is 0 Å². The molecule has 1 aromatic heterocycles. The smallest absolute Gasteiger partial charge is 0.343 e. The Balaban J connectivity index is 1.86. The zero-order chi connectivity index (χ0) is 16.1. The summed E-state index contributed by atoms with van der Waals surface area (Å²) in [5.41, 5.74) is -0.209. The predicted molar refractivity (Wildman–Crippen MR) is 88.0 cm³/mol. The Hall–Kier alpha value is -1.24. The highest BCUT2D eigenvalue weighted by Gasteiger charge is 2.28. The van der Waals surface area contributed by atoms with E-state index in [0.717, 1.165) is 12.8 Å². The topological polar surface area (TPSA) is 79.8 Å². The van der Waals surface area contributed by atoms with Gasteiger partial charge in [0.25, 0.3) is 0 Å². The van der Waals surface area contributed by atoms with Crippen molar-refractivity contribution < 1.29 is 4.79 Å². The predicted octanol–water partition coefficient (Wildman–Crippen LogP) is 2.01. The summed E-state index contributed by atoms with van der Waals surface area (Å²) < 4.78 is 1.59. The minimum atomic E-state index is -0.209. The monoisotopic (exact) mass is 326 g/mol. The van der Waals surface area contributed by atoms with E-state index in [-0.39, 0.29) is 17.6 Å². The molecule has 1 aliphatic carbocycles. The van der Waals surface area contributed by atoms with Crippen molar-refractivity contribution in [2.24, 2.45) is 11.8 Å². The van der Waals surface area contributed by atoms with Crippen molar-refractivity contribution in [1.29, 1.82) is 0 Å². The molecule has 1 aromatic rings. The number of hydrogen-bond donors (Lipinski definition) is 2. The van der Waals surface area contributed by atoms with Crippen molar-refractivity contribution in [3.05, 3.63) is 10.5 Å². The molecule has 1 heterocycles. The Kier molecular flexibility index (Phi) is 6.11. The van der Waals surface area contributed by atoms with Crippen LogP contribution in [0.5, 0.6) is 0 Å². The SMILES string of the molecule is CCCn1c(SCC(=O)N[C@@H]2CCC[C@@H](C)[C@H]2C)n[nH]c1=O. The van der Waals surface area contributed by atoms with Gasteiger partial charge in [0.05, 0.1) is 5.75 Å². The number of thioether (sulfide) groups is 1. The van der Waals surface area contributed by atoms with Gasteiger partial charge >= 0.3 is 5.69 Å². The summed E-state index contributed by atoms with van der Waals surface area (Å²) in [5.74, 6) is 1.50. The van der Waals surface area contributed by atoms with E-state index in [9.17, 15) is 9.59 Å². The van der Waals surface area contributed by atoms with E-state index in [4.69, 9.17) is 0 Å². The Labute approximate surface area is 135 Å². The summed E-state index contributed by atoms with van der Waals surface area (Å²) in [6.07, 6.45) is 4.35. The molecule has 0 unspecified atom stereocenters. The summed E-state index contributed by atoms with van der Waals surface area (Å²) >= 11 is 1.32. The molecule has 0 radical (unpaired) electrons. The number of amides is 1. The second-order valence-electron chi connectivity index (χ2n) is 6.19. The lowest BCUT2D eigenvalue weighted by molar-refractivity contribution is -0.120. The molecule has 2 rings (SSSR count). The number of nitrogens with zero attached hydrogens (tertiary/aromatic N) is 2. The van der Waals surface area contributed by atoms with E-state index >= 15 is 0 Å². The van der Waals surface area contributed by atoms with Crippen molar-refractivity contribution in [3.63, 3.8) is 0 Å². The normalized spacial score (nSPS) is 25.1. The van der Waals surface area contributed by atoms with Gasteiger partial charge in [-0.2, -0.15) is 0 Å². The third-order valence-electron chi connectivity index (χ3n) is 4.56. The maximum Gasteiger partial charge on any atom is 0.343 e. The van der Waals surface area contributed by atoms with Crippen LogP contribution in [0, 0.1) is 11.8 Å². The molecule has 1 aliphatic rings. The highest BCUT2D eigenvalue weighted by atomic mass is 32.2. The Morgan fingerprint density at radius 3 is 2.95 bits per heavy atom. The van der Waals surface area contributed by atoms with Gasteiger partial charge in [0.2, 0.25) is 5.91 Å². The number of rotatable bonds is 6. The van der Waals surface area contributed by atoms with E-state index in [1.165, 1.54) is 24.6 Å². The van der Waals surface area contributed by atoms with Crippen LogP contribution in [0.25, 0.3) is 0 Å². The van der Waals surface area contributed by atoms with Gasteiger partial charge in [0.15, 0.2) is 5.16 Å². The first-order valence-electron chi connectivity index (χ1n) is 8.10. The first-order chi connectivity index (χ1) is 10.5. The maximum atomic E-state index is 12.2. The number of carbonyl (C=O) groups excluding carboxylic acids is 1. The van der Waals surface area contributed by atoms with E-state index in [1.807, 2.05) is 6.92 Å². The second-order valence-corrected chi connectivity index (χ2v) is 7.14. The summed E-state index contributed by atoms with van der Waals surface area (Å²) in [6, 6.07) is 0.272. The molecular weight excluding hydrogens is 300 g/mol. The minimum Gasteiger partial charge on any atom is -0.352 e. The molecule has 124 valence electrons. The molecule has 6 nitrogen and oxygen atoms in total. The van der Waals surface area contributed by atoms with Gasteiger partial charge in [-0.1, -0.05) is 45.4 Å². The van der Waals surface area contributed by atoms with E-state index < -0.39 is 0 Å². The lowest BCUT2D eigenvalue weighted by atomic mass is 9.78. The average Bonchev–Trinajstić information content (AvgIpc) is 2.83. The standard InChI is InChI=1S/C15H26N4O2S/c1-4-8-19-14(21)17-18-15(19)22-9-13(20)16-12-7-5-6-10(2)11(12)3/h10-12H,4-9H2,1-3H3,(H,16,20)(H,17,21)/t10-,11-,12-/m1/s1. The third kappa shape index (κ3) is 4.15. The van der Waals surface area contributed by atoms with Crippen LogP contribution in [0.15, 0.2) is 9.95 Å². The fourth-order valence-electron chi connectivity index (χ4n) is 3.00. The number of H-pyrrole nitrogens is 1. The number of hydrogen-bond acceptors (Lipinski definition) is 4. The van der Waals surface area contributed by atoms with Crippen LogP contribution in [0.2, 0.25) is 0 Å². The van der Waals surface area contributed by atoms with Crippen molar-refractivity contribution >= 4 is 17.7 Å². The molecule has 2 N–H and O–H groups in total. The van der Waals surface area contributed by atoms with E-state index in [1.54, 1.807) is 4.57 Å². The van der Waals surface area contributed by atoms with E-state index in [0.29, 0.717) is 29.3 Å². The van der Waals surface area contributed by atoms with Crippen molar-refractivity contribution in [2.45, 2.75) is 64.2 Å². The molecule has 1 saturated carbocycles. The summed E-state index contributed by atoms with van der Waals surface area (Å²) in [6.45, 7) is 7.10. The van der Waals surface area contributed by atoms with Crippen LogP contribution in [0.3, 0.4) is 0 Å². The molecule has 3 atom stereocenters. The highest BCUT2D eigenvalue weighted by Crippen LogP contribution is 2.29. The summed E-state index contributed by atoms with van der Waals surface area (Å²) in [7, 11) is 0. The van der Waals surface area contributed by atoms with Crippen LogP contribution in [-0.4, -0.2) is 32.5 Å². The highest BCUT2D eigenvalue weighted by molar-refractivity contribution is 7.99. The van der Waals surface area contributed by atoms with Crippen molar-refractivity contribution in [1.82, 2.24) is 20.1 Å². The zero-order valence-electron chi connectivity index (χ0n) is 13.6. The lowest BCUT2D eigenvalue weighted by Crippen LogP contribution is -2.44. The first-order valence-corrected chi connectivity index (χ1v) is 9.08. The molecule has 1 fully saturated rings. The molecule has 0 saturated heterocycles. The van der Waals surface area contributed by atoms with Crippen molar-refractivity contribution in [2.75, 3.05) is 5.75 Å². The third-order valence-corrected chi connectivity index (χ3v) is 5.53. The Morgan fingerprint density at radius 2 is 2.23 bits per heavy atom. The molecule has 7 heteroatoms. The summed E-state index contributed by atoms with van der Waals surface area (Å²) in [5, 5.41) is 10.2. The van der Waals surface area contributed by atoms with Crippen LogP contribution in [-0.2, 0) is 11.3 Å². The van der Waals surface area contributed by atoms with Crippen LogP contribution >= 0.6 is 11.8 Å². The van der Waals surface area contributed by atoms with Gasteiger partial charge in [-0.05, 0) is 24.7 Å². The molecule has 0 bridgehead atoms. The molecular formula is C15H26N4O2S. The number of aromatic nitrogens is 3. The molecule has 0 aliphatic heterocycles. The largest absolute Gasteiger partial charge is 0.352 e. The molecule has 0 spiro atoms. The van der Waals surface area contributed by atoms with Crippen LogP contribution in [0.4, 0.5) is 0 Å². The maximum absolute atomic E-state index is 12.2. The van der Waals surface area contributed by atoms with Gasteiger partial charge < -0.3 is 5.32 Å². The average molecular weight is 326 g/mol. The van der Waals surface area contributed by atoms with Crippen LogP contribution < -0.4 is 11.0 Å². The number of nitrogens with one attached hydrogen (secondary N) is 2. The second kappa shape index (κ2) is 7.85. The lowest BCUT2D eigenvalue weighted by Gasteiger charge is -2.34. The first kappa shape index (κ1) is 17.1. The molecule has 1 amide bonds. The molecule has 22 heavy (non-hydrogen) atoms. The number of carbonyl (C=O) groups is 1. The quantitative estimate of drug-likeness (QED) is 0.784. The Bertz CT molecular complexity index is 554. The van der Waals surface area contributed by atoms with Gasteiger partial charge in [-0.25, -0.2) is 9.89 Å². The van der Waals surface area contributed by atoms with Gasteiger partial charge in [0, 0.05) is 12.6 Å². The van der Waals surface area contributed by atoms with Crippen LogP contribution in [0.1, 0.15) is 46.5 Å². The summed E-state index contributed by atoms with van der Waals surface area (Å²) in [4.78, 5) is 23.8. The number of aromatic amines is 1. The minimum absolute atomic E-state index is 0.0226. The Morgan fingerprint density at radius 1 is 1.45 bits per heavy atom.